The van der Waals surface area contributed by atoms with Gasteiger partial charge in [0.25, 0.3) is 0 Å². The molecule has 0 aliphatic rings. The molecule has 5 heteroatoms. The molecule has 0 radical (unpaired) electrons. The number of hydrogen-bond acceptors (Lipinski definition) is 3. The van der Waals surface area contributed by atoms with Crippen molar-refractivity contribution in [2.24, 2.45) is 5.92 Å². The van der Waals surface area contributed by atoms with Gasteiger partial charge in [-0.05, 0) is 19.3 Å². The van der Waals surface area contributed by atoms with Crippen molar-refractivity contribution >= 4 is 11.8 Å². The number of nitrogens with one attached hydrogen (secondary N) is 2. The minimum Gasteiger partial charge on any atom is -0.393 e. The second kappa shape index (κ2) is 8.98. The lowest BCUT2D eigenvalue weighted by Crippen LogP contribution is -2.32. The third-order valence-electron chi connectivity index (χ3n) is 2.17. The number of amides is 2. The van der Waals surface area contributed by atoms with E-state index in [0.29, 0.717) is 38.3 Å². The van der Waals surface area contributed by atoms with E-state index in [2.05, 4.69) is 10.6 Å². The first-order chi connectivity index (χ1) is 7.91. The summed E-state index contributed by atoms with van der Waals surface area (Å²) in [6, 6.07) is 0. The molecule has 0 aromatic carbocycles. The van der Waals surface area contributed by atoms with Gasteiger partial charge in [0, 0.05) is 25.9 Å². The first kappa shape index (κ1) is 15.9. The molecule has 0 bridgehead atoms. The maximum Gasteiger partial charge on any atom is 0.221 e. The normalized spacial score (nSPS) is 12.3. The highest BCUT2D eigenvalue weighted by Gasteiger charge is 2.05. The van der Waals surface area contributed by atoms with Crippen LogP contribution in [0.3, 0.4) is 0 Å². The van der Waals surface area contributed by atoms with Crippen LogP contribution in [0.5, 0.6) is 0 Å². The molecule has 17 heavy (non-hydrogen) atoms. The molecule has 0 aromatic heterocycles. The number of rotatable bonds is 8. The van der Waals surface area contributed by atoms with Crippen LogP contribution in [0.15, 0.2) is 0 Å². The Morgan fingerprint density at radius 3 is 2.18 bits per heavy atom. The summed E-state index contributed by atoms with van der Waals surface area (Å²) in [5.74, 6) is 0.261. The van der Waals surface area contributed by atoms with Crippen LogP contribution in [0.2, 0.25) is 0 Å². The summed E-state index contributed by atoms with van der Waals surface area (Å²) in [6.45, 7) is 6.71. The van der Waals surface area contributed by atoms with E-state index in [-0.39, 0.29) is 11.8 Å². The summed E-state index contributed by atoms with van der Waals surface area (Å²) >= 11 is 0. The third kappa shape index (κ3) is 11.2. The number of carbonyl (C=O) groups excluding carboxylic acids is 2. The van der Waals surface area contributed by atoms with Crippen molar-refractivity contribution in [1.82, 2.24) is 10.6 Å². The summed E-state index contributed by atoms with van der Waals surface area (Å²) in [5.41, 5.74) is 0. The summed E-state index contributed by atoms with van der Waals surface area (Å²) < 4.78 is 0. The van der Waals surface area contributed by atoms with Crippen molar-refractivity contribution in [3.05, 3.63) is 0 Å². The number of aliphatic hydroxyl groups is 1. The van der Waals surface area contributed by atoms with Gasteiger partial charge in [0.2, 0.25) is 11.8 Å². The summed E-state index contributed by atoms with van der Waals surface area (Å²) in [5, 5.41) is 14.4. The van der Waals surface area contributed by atoms with E-state index in [1.165, 1.54) is 0 Å². The van der Waals surface area contributed by atoms with Crippen molar-refractivity contribution in [3.63, 3.8) is 0 Å². The van der Waals surface area contributed by atoms with Crippen LogP contribution >= 0.6 is 0 Å². The first-order valence-electron chi connectivity index (χ1n) is 6.13. The predicted molar refractivity (Wildman–Crippen MR) is 66.4 cm³/mol. The second-order valence-corrected chi connectivity index (χ2v) is 4.69. The molecule has 0 aliphatic heterocycles. The van der Waals surface area contributed by atoms with Crippen LogP contribution in [0.25, 0.3) is 0 Å². The van der Waals surface area contributed by atoms with Gasteiger partial charge >= 0.3 is 0 Å². The number of carbonyl (C=O) groups is 2. The second-order valence-electron chi connectivity index (χ2n) is 4.69. The molecule has 0 saturated heterocycles. The molecule has 3 N–H and O–H groups in total. The van der Waals surface area contributed by atoms with Crippen LogP contribution in [0.1, 0.15) is 40.0 Å². The van der Waals surface area contributed by atoms with Crippen molar-refractivity contribution in [3.8, 4) is 0 Å². The summed E-state index contributed by atoms with van der Waals surface area (Å²) in [6.07, 6.45) is 0.583. The average Bonchev–Trinajstić information content (AvgIpc) is 2.23. The fourth-order valence-corrected chi connectivity index (χ4v) is 1.15. The lowest BCUT2D eigenvalue weighted by Gasteiger charge is -2.08. The van der Waals surface area contributed by atoms with Crippen LogP contribution in [-0.2, 0) is 9.59 Å². The molecule has 2 amide bonds. The van der Waals surface area contributed by atoms with E-state index >= 15 is 0 Å². The van der Waals surface area contributed by atoms with Crippen molar-refractivity contribution in [2.75, 3.05) is 13.1 Å². The molecule has 0 fully saturated rings. The lowest BCUT2D eigenvalue weighted by molar-refractivity contribution is -0.122. The maximum atomic E-state index is 11.3. The van der Waals surface area contributed by atoms with Gasteiger partial charge in [-0.3, -0.25) is 9.59 Å². The highest BCUT2D eigenvalue weighted by Crippen LogP contribution is 1.95. The smallest absolute Gasteiger partial charge is 0.221 e. The van der Waals surface area contributed by atoms with Gasteiger partial charge in [-0.15, -0.1) is 0 Å². The highest BCUT2D eigenvalue weighted by molar-refractivity contribution is 5.78. The van der Waals surface area contributed by atoms with Gasteiger partial charge in [-0.1, -0.05) is 13.8 Å². The largest absolute Gasteiger partial charge is 0.393 e. The Labute approximate surface area is 103 Å². The van der Waals surface area contributed by atoms with E-state index in [1.54, 1.807) is 6.92 Å². The van der Waals surface area contributed by atoms with E-state index < -0.39 is 6.10 Å². The standard InChI is InChI=1S/C12H24N2O3/c1-9(2)8-14-12(17)6-7-13-11(16)5-4-10(3)15/h9-10,15H,4-8H2,1-3H3,(H,13,16)(H,14,17). The minimum absolute atomic E-state index is 0.0467. The average molecular weight is 244 g/mol. The molecular weight excluding hydrogens is 220 g/mol. The number of hydrogen-bond donors (Lipinski definition) is 3. The highest BCUT2D eigenvalue weighted by atomic mass is 16.3. The van der Waals surface area contributed by atoms with E-state index in [1.807, 2.05) is 13.8 Å². The Morgan fingerprint density at radius 1 is 1.06 bits per heavy atom. The maximum absolute atomic E-state index is 11.3. The Hall–Kier alpha value is -1.10. The molecule has 0 heterocycles. The zero-order valence-electron chi connectivity index (χ0n) is 11.0. The van der Waals surface area contributed by atoms with E-state index in [4.69, 9.17) is 5.11 Å². The molecule has 0 spiro atoms. The van der Waals surface area contributed by atoms with Crippen LogP contribution < -0.4 is 10.6 Å². The molecule has 0 rings (SSSR count). The Morgan fingerprint density at radius 2 is 1.65 bits per heavy atom. The van der Waals surface area contributed by atoms with E-state index in [0.717, 1.165) is 0 Å². The minimum atomic E-state index is -0.463. The lowest BCUT2D eigenvalue weighted by atomic mass is 10.2. The van der Waals surface area contributed by atoms with Gasteiger partial charge in [0.05, 0.1) is 6.10 Å². The first-order valence-corrected chi connectivity index (χ1v) is 6.13. The summed E-state index contributed by atoms with van der Waals surface area (Å²) in [7, 11) is 0. The zero-order chi connectivity index (χ0) is 13.3. The summed E-state index contributed by atoms with van der Waals surface area (Å²) in [4.78, 5) is 22.5. The quantitative estimate of drug-likeness (QED) is 0.579. The SMILES string of the molecule is CC(C)CNC(=O)CCNC(=O)CCC(C)O. The number of aliphatic hydroxyl groups excluding tert-OH is 1. The molecule has 0 saturated carbocycles. The zero-order valence-corrected chi connectivity index (χ0v) is 11.0. The van der Waals surface area contributed by atoms with Gasteiger partial charge in [-0.25, -0.2) is 0 Å². The Kier molecular flexibility index (Phi) is 8.40. The fourth-order valence-electron chi connectivity index (χ4n) is 1.15. The molecular formula is C12H24N2O3. The van der Waals surface area contributed by atoms with Crippen molar-refractivity contribution in [2.45, 2.75) is 46.1 Å². The van der Waals surface area contributed by atoms with E-state index in [9.17, 15) is 9.59 Å². The Balaban J connectivity index is 3.49. The predicted octanol–water partition coefficient (Wildman–Crippen LogP) is 0.426. The van der Waals surface area contributed by atoms with Crippen LogP contribution in [-0.4, -0.2) is 36.1 Å². The van der Waals surface area contributed by atoms with Crippen molar-refractivity contribution < 1.29 is 14.7 Å². The van der Waals surface area contributed by atoms with Crippen LogP contribution in [0.4, 0.5) is 0 Å². The van der Waals surface area contributed by atoms with Crippen molar-refractivity contribution in [1.29, 1.82) is 0 Å². The third-order valence-corrected chi connectivity index (χ3v) is 2.17. The monoisotopic (exact) mass is 244 g/mol. The molecule has 100 valence electrons. The molecule has 0 aliphatic carbocycles. The van der Waals surface area contributed by atoms with Gasteiger partial charge in [-0.2, -0.15) is 0 Å². The molecule has 1 atom stereocenters. The molecule has 0 aromatic rings. The Bertz CT molecular complexity index is 216. The van der Waals surface area contributed by atoms with Crippen LogP contribution in [0, 0.1) is 5.92 Å². The molecule has 5 nitrogen and oxygen atoms in total. The fraction of sp³-hybridized carbons (Fsp3) is 0.833. The van der Waals surface area contributed by atoms with Gasteiger partial charge < -0.3 is 15.7 Å². The topological polar surface area (TPSA) is 78.4 Å². The van der Waals surface area contributed by atoms with Gasteiger partial charge in [0.1, 0.15) is 0 Å². The molecule has 1 unspecified atom stereocenters. The van der Waals surface area contributed by atoms with Gasteiger partial charge in [0.15, 0.2) is 0 Å².